The third kappa shape index (κ3) is 4.87. The molecule has 2 amide bonds. The second-order valence-corrected chi connectivity index (χ2v) is 6.80. The first-order valence-corrected chi connectivity index (χ1v) is 8.60. The van der Waals surface area contributed by atoms with Crippen LogP contribution in [-0.2, 0) is 9.59 Å². The van der Waals surface area contributed by atoms with Crippen LogP contribution in [0.4, 0.5) is 5.13 Å². The third-order valence-electron chi connectivity index (χ3n) is 3.54. The van der Waals surface area contributed by atoms with Crippen LogP contribution in [0.1, 0.15) is 19.4 Å². The van der Waals surface area contributed by atoms with Crippen LogP contribution in [0.5, 0.6) is 0 Å². The largest absolute Gasteiger partial charge is 0.346 e. The number of nitrogens with zero attached hydrogens (tertiary/aromatic N) is 1. The van der Waals surface area contributed by atoms with Gasteiger partial charge in [0.25, 0.3) is 0 Å². The fraction of sp³-hybridized carbons (Fsp3) is 0.353. The van der Waals surface area contributed by atoms with Gasteiger partial charge < -0.3 is 16.4 Å². The van der Waals surface area contributed by atoms with E-state index in [2.05, 4.69) is 15.6 Å². The van der Waals surface area contributed by atoms with Gasteiger partial charge in [-0.05, 0) is 12.8 Å². The molecule has 0 aliphatic rings. The Morgan fingerprint density at radius 2 is 1.92 bits per heavy atom. The van der Waals surface area contributed by atoms with Crippen LogP contribution in [0.2, 0.25) is 0 Å². The highest BCUT2D eigenvalue weighted by molar-refractivity contribution is 7.14. The predicted octanol–water partition coefficient (Wildman–Crippen LogP) is 2.16. The van der Waals surface area contributed by atoms with Gasteiger partial charge in [0.2, 0.25) is 11.8 Å². The van der Waals surface area contributed by atoms with Gasteiger partial charge in [-0.3, -0.25) is 9.59 Å². The first kappa shape index (κ1) is 18.1. The Balaban J connectivity index is 1.89. The molecule has 0 spiro atoms. The SMILES string of the molecule is Cc1ccc(-c2csc(NC(=O)CNC(=O)[C@@H](N)C(C)C)n2)cc1. The summed E-state index contributed by atoms with van der Waals surface area (Å²) in [7, 11) is 0. The van der Waals surface area contributed by atoms with E-state index in [1.807, 2.05) is 50.4 Å². The molecule has 0 saturated heterocycles. The minimum Gasteiger partial charge on any atom is -0.346 e. The van der Waals surface area contributed by atoms with E-state index in [1.54, 1.807) is 0 Å². The Bertz CT molecular complexity index is 710. The number of aromatic nitrogens is 1. The summed E-state index contributed by atoms with van der Waals surface area (Å²) in [4.78, 5) is 28.0. The molecule has 128 valence electrons. The summed E-state index contributed by atoms with van der Waals surface area (Å²) >= 11 is 1.34. The Hall–Kier alpha value is -2.25. The molecule has 0 unspecified atom stereocenters. The lowest BCUT2D eigenvalue weighted by molar-refractivity contribution is -0.125. The lowest BCUT2D eigenvalue weighted by Crippen LogP contribution is -2.46. The van der Waals surface area contributed by atoms with Crippen molar-refractivity contribution in [3.63, 3.8) is 0 Å². The van der Waals surface area contributed by atoms with Gasteiger partial charge in [0.15, 0.2) is 5.13 Å². The molecule has 24 heavy (non-hydrogen) atoms. The van der Waals surface area contributed by atoms with Crippen LogP contribution in [0, 0.1) is 12.8 Å². The minimum atomic E-state index is -0.620. The van der Waals surface area contributed by atoms with Crippen molar-refractivity contribution in [2.75, 3.05) is 11.9 Å². The zero-order valence-electron chi connectivity index (χ0n) is 14.0. The molecular weight excluding hydrogens is 324 g/mol. The van der Waals surface area contributed by atoms with Crippen molar-refractivity contribution in [2.45, 2.75) is 26.8 Å². The lowest BCUT2D eigenvalue weighted by Gasteiger charge is -2.14. The van der Waals surface area contributed by atoms with Gasteiger partial charge in [0.1, 0.15) is 0 Å². The highest BCUT2D eigenvalue weighted by Gasteiger charge is 2.17. The van der Waals surface area contributed by atoms with Gasteiger partial charge in [0, 0.05) is 10.9 Å². The van der Waals surface area contributed by atoms with Crippen molar-refractivity contribution in [1.82, 2.24) is 10.3 Å². The molecule has 0 radical (unpaired) electrons. The molecule has 1 aromatic heterocycles. The number of nitrogens with two attached hydrogens (primary N) is 1. The zero-order valence-corrected chi connectivity index (χ0v) is 14.8. The molecule has 0 aliphatic heterocycles. The average Bonchev–Trinajstić information content (AvgIpc) is 3.00. The van der Waals surface area contributed by atoms with E-state index in [-0.39, 0.29) is 24.3 Å². The van der Waals surface area contributed by atoms with E-state index < -0.39 is 6.04 Å². The quantitative estimate of drug-likeness (QED) is 0.746. The number of anilines is 1. The molecule has 6 nitrogen and oxygen atoms in total. The molecule has 0 saturated carbocycles. The fourth-order valence-corrected chi connectivity index (χ4v) is 2.68. The van der Waals surface area contributed by atoms with Crippen molar-refractivity contribution in [1.29, 1.82) is 0 Å². The smallest absolute Gasteiger partial charge is 0.245 e. The molecule has 0 bridgehead atoms. The van der Waals surface area contributed by atoms with Crippen LogP contribution < -0.4 is 16.4 Å². The van der Waals surface area contributed by atoms with Crippen LogP contribution >= 0.6 is 11.3 Å². The van der Waals surface area contributed by atoms with E-state index in [1.165, 1.54) is 16.9 Å². The van der Waals surface area contributed by atoms with Crippen LogP contribution in [0.15, 0.2) is 29.6 Å². The van der Waals surface area contributed by atoms with E-state index in [9.17, 15) is 9.59 Å². The lowest BCUT2D eigenvalue weighted by atomic mass is 10.1. The number of hydrogen-bond donors (Lipinski definition) is 3. The monoisotopic (exact) mass is 346 g/mol. The number of carbonyl (C=O) groups is 2. The number of hydrogen-bond acceptors (Lipinski definition) is 5. The Kier molecular flexibility index (Phi) is 6.05. The number of carbonyl (C=O) groups excluding carboxylic acids is 2. The first-order valence-electron chi connectivity index (χ1n) is 7.72. The molecule has 2 rings (SSSR count). The standard InChI is InChI=1S/C17H22N4O2S/c1-10(2)15(18)16(23)19-8-14(22)21-17-20-13(9-24-17)12-6-4-11(3)5-7-12/h4-7,9-10,15H,8,18H2,1-3H3,(H,19,23)(H,20,21,22)/t15-/m0/s1. The molecule has 7 heteroatoms. The molecule has 1 atom stereocenters. The molecular formula is C17H22N4O2S. The molecule has 1 aromatic carbocycles. The van der Waals surface area contributed by atoms with Gasteiger partial charge >= 0.3 is 0 Å². The van der Waals surface area contributed by atoms with Crippen molar-refractivity contribution >= 4 is 28.3 Å². The maximum Gasteiger partial charge on any atom is 0.245 e. The summed E-state index contributed by atoms with van der Waals surface area (Å²) in [5.74, 6) is -0.646. The number of aryl methyl sites for hydroxylation is 1. The van der Waals surface area contributed by atoms with Gasteiger partial charge in [-0.2, -0.15) is 0 Å². The van der Waals surface area contributed by atoms with Gasteiger partial charge in [-0.15, -0.1) is 11.3 Å². The minimum absolute atomic E-state index is 0.0177. The summed E-state index contributed by atoms with van der Waals surface area (Å²) < 4.78 is 0. The maximum absolute atomic E-state index is 11.9. The number of benzene rings is 1. The molecule has 0 fully saturated rings. The molecule has 0 aliphatic carbocycles. The molecule has 1 heterocycles. The summed E-state index contributed by atoms with van der Waals surface area (Å²) in [6, 6.07) is 7.39. The van der Waals surface area contributed by atoms with Gasteiger partial charge in [0.05, 0.1) is 18.3 Å². The number of rotatable bonds is 6. The van der Waals surface area contributed by atoms with Gasteiger partial charge in [-0.1, -0.05) is 43.7 Å². The van der Waals surface area contributed by atoms with Gasteiger partial charge in [-0.25, -0.2) is 4.98 Å². The number of nitrogens with one attached hydrogen (secondary N) is 2. The summed E-state index contributed by atoms with van der Waals surface area (Å²) in [6.07, 6.45) is 0. The Morgan fingerprint density at radius 1 is 1.25 bits per heavy atom. The highest BCUT2D eigenvalue weighted by Crippen LogP contribution is 2.24. The first-order chi connectivity index (χ1) is 11.4. The number of amides is 2. The van der Waals surface area contributed by atoms with Crippen molar-refractivity contribution in [2.24, 2.45) is 11.7 Å². The predicted molar refractivity (Wildman–Crippen MR) is 96.7 cm³/mol. The number of thiazole rings is 1. The van der Waals surface area contributed by atoms with Crippen LogP contribution in [0.3, 0.4) is 0 Å². The highest BCUT2D eigenvalue weighted by atomic mass is 32.1. The molecule has 4 N–H and O–H groups in total. The molecule has 2 aromatic rings. The second-order valence-electron chi connectivity index (χ2n) is 5.94. The van der Waals surface area contributed by atoms with E-state index in [0.29, 0.717) is 5.13 Å². The Morgan fingerprint density at radius 3 is 2.54 bits per heavy atom. The van der Waals surface area contributed by atoms with Crippen LogP contribution in [-0.4, -0.2) is 29.4 Å². The zero-order chi connectivity index (χ0) is 17.7. The van der Waals surface area contributed by atoms with E-state index in [0.717, 1.165) is 11.3 Å². The van der Waals surface area contributed by atoms with Crippen molar-refractivity contribution in [3.05, 3.63) is 35.2 Å². The van der Waals surface area contributed by atoms with Crippen LogP contribution in [0.25, 0.3) is 11.3 Å². The normalized spacial score (nSPS) is 12.0. The van der Waals surface area contributed by atoms with Crippen molar-refractivity contribution in [3.8, 4) is 11.3 Å². The Labute approximate surface area is 145 Å². The second kappa shape index (κ2) is 8.03. The summed E-state index contributed by atoms with van der Waals surface area (Å²) in [5, 5.41) is 7.59. The maximum atomic E-state index is 11.9. The van der Waals surface area contributed by atoms with E-state index in [4.69, 9.17) is 5.73 Å². The fourth-order valence-electron chi connectivity index (χ4n) is 1.94. The van der Waals surface area contributed by atoms with E-state index >= 15 is 0 Å². The summed E-state index contributed by atoms with van der Waals surface area (Å²) in [5.41, 5.74) is 8.70. The average molecular weight is 346 g/mol. The summed E-state index contributed by atoms with van der Waals surface area (Å²) in [6.45, 7) is 5.60. The topological polar surface area (TPSA) is 97.1 Å². The van der Waals surface area contributed by atoms with Crippen molar-refractivity contribution < 1.29 is 9.59 Å². The third-order valence-corrected chi connectivity index (χ3v) is 4.30.